The van der Waals surface area contributed by atoms with Crippen molar-refractivity contribution in [3.8, 4) is 6.07 Å². The first-order chi connectivity index (χ1) is 9.29. The van der Waals surface area contributed by atoms with Crippen LogP contribution in [0.5, 0.6) is 0 Å². The van der Waals surface area contributed by atoms with Gasteiger partial charge in [-0.25, -0.2) is 0 Å². The molecular formula is C17H16N2. The Morgan fingerprint density at radius 3 is 2.68 bits per heavy atom. The number of rotatable bonds is 4. The Bertz CT molecular complexity index is 607. The smallest absolute Gasteiger partial charge is 0.0992 e. The summed E-state index contributed by atoms with van der Waals surface area (Å²) in [4.78, 5) is 0. The lowest BCUT2D eigenvalue weighted by molar-refractivity contribution is 1.30. The maximum atomic E-state index is 8.88. The van der Waals surface area contributed by atoms with Gasteiger partial charge < -0.3 is 5.32 Å². The predicted octanol–water partition coefficient (Wildman–Crippen LogP) is 3.99. The Labute approximate surface area is 114 Å². The number of hydrogen-bond acceptors (Lipinski definition) is 2. The molecule has 2 nitrogen and oxygen atoms in total. The van der Waals surface area contributed by atoms with E-state index in [1.807, 2.05) is 43.3 Å². The first kappa shape index (κ1) is 12.9. The zero-order valence-corrected chi connectivity index (χ0v) is 10.9. The number of hydrogen-bond donors (Lipinski definition) is 1. The quantitative estimate of drug-likeness (QED) is 0.888. The number of anilines is 1. The summed E-state index contributed by atoms with van der Waals surface area (Å²) in [5.41, 5.74) is 4.02. The van der Waals surface area contributed by atoms with Gasteiger partial charge in [0, 0.05) is 12.2 Å². The molecule has 0 atom stereocenters. The van der Waals surface area contributed by atoms with Crippen molar-refractivity contribution in [2.45, 2.75) is 6.92 Å². The van der Waals surface area contributed by atoms with Crippen LogP contribution < -0.4 is 5.32 Å². The van der Waals surface area contributed by atoms with Crippen molar-refractivity contribution in [1.82, 2.24) is 0 Å². The van der Waals surface area contributed by atoms with Crippen LogP contribution in [0.2, 0.25) is 0 Å². The first-order valence-corrected chi connectivity index (χ1v) is 6.26. The third kappa shape index (κ3) is 3.72. The molecule has 0 unspecified atom stereocenters. The summed E-state index contributed by atoms with van der Waals surface area (Å²) < 4.78 is 0. The molecule has 94 valence electrons. The van der Waals surface area contributed by atoms with Gasteiger partial charge in [-0.05, 0) is 30.2 Å². The SMILES string of the molecule is Cc1ccc(C#N)cc1NCC=Cc1ccccc1. The van der Waals surface area contributed by atoms with Crippen molar-refractivity contribution in [3.05, 3.63) is 71.3 Å². The van der Waals surface area contributed by atoms with Crippen LogP contribution in [0.1, 0.15) is 16.7 Å². The van der Waals surface area contributed by atoms with Crippen molar-refractivity contribution in [2.75, 3.05) is 11.9 Å². The molecule has 2 heteroatoms. The van der Waals surface area contributed by atoms with Gasteiger partial charge in [-0.2, -0.15) is 5.26 Å². The van der Waals surface area contributed by atoms with Crippen LogP contribution >= 0.6 is 0 Å². The second-order valence-electron chi connectivity index (χ2n) is 4.34. The summed E-state index contributed by atoms with van der Waals surface area (Å²) in [6.45, 7) is 2.77. The van der Waals surface area contributed by atoms with Crippen molar-refractivity contribution in [2.24, 2.45) is 0 Å². The van der Waals surface area contributed by atoms with Crippen molar-refractivity contribution < 1.29 is 0 Å². The molecule has 0 heterocycles. The van der Waals surface area contributed by atoms with Gasteiger partial charge in [0.05, 0.1) is 11.6 Å². The fourth-order valence-corrected chi connectivity index (χ4v) is 1.81. The molecule has 0 fully saturated rings. The highest BCUT2D eigenvalue weighted by molar-refractivity contribution is 5.56. The lowest BCUT2D eigenvalue weighted by Crippen LogP contribution is -2.00. The minimum Gasteiger partial charge on any atom is -0.381 e. The summed E-state index contributed by atoms with van der Waals surface area (Å²) in [5.74, 6) is 0. The summed E-state index contributed by atoms with van der Waals surface area (Å²) in [7, 11) is 0. The largest absolute Gasteiger partial charge is 0.381 e. The van der Waals surface area contributed by atoms with E-state index in [2.05, 4.69) is 35.7 Å². The first-order valence-electron chi connectivity index (χ1n) is 6.26. The second-order valence-corrected chi connectivity index (χ2v) is 4.34. The molecule has 0 bridgehead atoms. The Morgan fingerprint density at radius 2 is 1.95 bits per heavy atom. The second kappa shape index (κ2) is 6.42. The average Bonchev–Trinajstić information content (AvgIpc) is 2.46. The van der Waals surface area contributed by atoms with Crippen LogP contribution in [-0.2, 0) is 0 Å². The molecule has 0 aliphatic heterocycles. The number of aryl methyl sites for hydroxylation is 1. The molecule has 0 spiro atoms. The van der Waals surface area contributed by atoms with Crippen LogP contribution in [0.3, 0.4) is 0 Å². The summed E-state index contributed by atoms with van der Waals surface area (Å²) in [5, 5.41) is 12.2. The highest BCUT2D eigenvalue weighted by Gasteiger charge is 1.98. The van der Waals surface area contributed by atoms with Crippen LogP contribution in [0.25, 0.3) is 6.08 Å². The Morgan fingerprint density at radius 1 is 1.16 bits per heavy atom. The van der Waals surface area contributed by atoms with E-state index in [9.17, 15) is 0 Å². The van der Waals surface area contributed by atoms with Gasteiger partial charge in [-0.1, -0.05) is 48.6 Å². The van der Waals surface area contributed by atoms with Gasteiger partial charge in [-0.15, -0.1) is 0 Å². The molecule has 0 radical (unpaired) electrons. The van der Waals surface area contributed by atoms with E-state index < -0.39 is 0 Å². The normalized spacial score (nSPS) is 10.3. The molecular weight excluding hydrogens is 232 g/mol. The number of benzene rings is 2. The van der Waals surface area contributed by atoms with E-state index in [4.69, 9.17) is 5.26 Å². The van der Waals surface area contributed by atoms with E-state index in [-0.39, 0.29) is 0 Å². The lowest BCUT2D eigenvalue weighted by Gasteiger charge is -2.07. The molecule has 2 aromatic carbocycles. The molecule has 2 rings (SSSR count). The third-order valence-electron chi connectivity index (χ3n) is 2.89. The molecule has 0 aromatic heterocycles. The van der Waals surface area contributed by atoms with Crippen LogP contribution in [0.4, 0.5) is 5.69 Å². The molecule has 0 saturated carbocycles. The van der Waals surface area contributed by atoms with E-state index in [0.29, 0.717) is 5.56 Å². The Kier molecular flexibility index (Phi) is 4.36. The van der Waals surface area contributed by atoms with E-state index >= 15 is 0 Å². The topological polar surface area (TPSA) is 35.8 Å². The monoisotopic (exact) mass is 248 g/mol. The molecule has 19 heavy (non-hydrogen) atoms. The fourth-order valence-electron chi connectivity index (χ4n) is 1.81. The standard InChI is InChI=1S/C17H16N2/c1-14-9-10-16(13-18)12-17(14)19-11-5-8-15-6-3-2-4-7-15/h2-10,12,19H,11H2,1H3. The third-order valence-corrected chi connectivity index (χ3v) is 2.89. The van der Waals surface area contributed by atoms with E-state index in [0.717, 1.165) is 17.8 Å². The van der Waals surface area contributed by atoms with Gasteiger partial charge in [0.2, 0.25) is 0 Å². The Hall–Kier alpha value is -2.53. The lowest BCUT2D eigenvalue weighted by atomic mass is 10.1. The van der Waals surface area contributed by atoms with Gasteiger partial charge in [0.15, 0.2) is 0 Å². The van der Waals surface area contributed by atoms with Gasteiger partial charge in [-0.3, -0.25) is 0 Å². The number of nitrogens with one attached hydrogen (secondary N) is 1. The summed E-state index contributed by atoms with van der Waals surface area (Å²) in [6, 6.07) is 18.0. The van der Waals surface area contributed by atoms with Gasteiger partial charge >= 0.3 is 0 Å². The molecule has 0 aliphatic rings. The van der Waals surface area contributed by atoms with Crippen LogP contribution in [0, 0.1) is 18.3 Å². The van der Waals surface area contributed by atoms with E-state index in [1.54, 1.807) is 0 Å². The fraction of sp³-hybridized carbons (Fsp3) is 0.118. The number of nitrogens with zero attached hydrogens (tertiary/aromatic N) is 1. The van der Waals surface area contributed by atoms with E-state index in [1.165, 1.54) is 5.56 Å². The summed E-state index contributed by atoms with van der Waals surface area (Å²) in [6.07, 6.45) is 4.16. The zero-order valence-electron chi connectivity index (χ0n) is 10.9. The van der Waals surface area contributed by atoms with Crippen LogP contribution in [-0.4, -0.2) is 6.54 Å². The van der Waals surface area contributed by atoms with Gasteiger partial charge in [0.1, 0.15) is 0 Å². The molecule has 1 N–H and O–H groups in total. The van der Waals surface area contributed by atoms with Gasteiger partial charge in [0.25, 0.3) is 0 Å². The maximum Gasteiger partial charge on any atom is 0.0992 e. The maximum absolute atomic E-state index is 8.88. The van der Waals surface area contributed by atoms with Crippen molar-refractivity contribution in [3.63, 3.8) is 0 Å². The minimum atomic E-state index is 0.681. The summed E-state index contributed by atoms with van der Waals surface area (Å²) >= 11 is 0. The number of nitriles is 1. The van der Waals surface area contributed by atoms with Crippen molar-refractivity contribution >= 4 is 11.8 Å². The molecule has 0 saturated heterocycles. The highest BCUT2D eigenvalue weighted by Crippen LogP contribution is 2.16. The zero-order chi connectivity index (χ0) is 13.5. The molecule has 2 aromatic rings. The van der Waals surface area contributed by atoms with Crippen LogP contribution in [0.15, 0.2) is 54.6 Å². The highest BCUT2D eigenvalue weighted by atomic mass is 14.9. The Balaban J connectivity index is 1.96. The van der Waals surface area contributed by atoms with Crippen molar-refractivity contribution in [1.29, 1.82) is 5.26 Å². The average molecular weight is 248 g/mol. The minimum absolute atomic E-state index is 0.681. The predicted molar refractivity (Wildman–Crippen MR) is 79.9 cm³/mol. The molecule has 0 amide bonds. The molecule has 0 aliphatic carbocycles.